The van der Waals surface area contributed by atoms with Gasteiger partial charge in [-0.1, -0.05) is 11.6 Å². The molecule has 1 fully saturated rings. The lowest BCUT2D eigenvalue weighted by Crippen LogP contribution is -2.37. The van der Waals surface area contributed by atoms with E-state index in [2.05, 4.69) is 12.0 Å². The number of nitrogens with two attached hydrogens (primary N) is 1. The Morgan fingerprint density at radius 2 is 2.29 bits per heavy atom. The summed E-state index contributed by atoms with van der Waals surface area (Å²) in [4.78, 5) is 0. The summed E-state index contributed by atoms with van der Waals surface area (Å²) in [6.45, 7) is 4.00. The Bertz CT molecular complexity index is 405. The van der Waals surface area contributed by atoms with E-state index >= 15 is 0 Å². The molecule has 0 amide bonds. The fraction of sp³-hybridized carbons (Fsp3) is 0.750. The van der Waals surface area contributed by atoms with Crippen molar-refractivity contribution in [2.24, 2.45) is 12.8 Å². The fourth-order valence-corrected chi connectivity index (χ4v) is 2.64. The van der Waals surface area contributed by atoms with Crippen molar-refractivity contribution in [1.82, 2.24) is 9.78 Å². The molecule has 17 heavy (non-hydrogen) atoms. The number of aromatic nitrogens is 2. The molecule has 3 unspecified atom stereocenters. The van der Waals surface area contributed by atoms with Crippen molar-refractivity contribution in [1.29, 1.82) is 0 Å². The highest BCUT2D eigenvalue weighted by Gasteiger charge is 2.28. The van der Waals surface area contributed by atoms with Gasteiger partial charge in [0.15, 0.2) is 0 Å². The predicted molar refractivity (Wildman–Crippen MR) is 68.2 cm³/mol. The van der Waals surface area contributed by atoms with Crippen LogP contribution < -0.4 is 5.73 Å². The maximum absolute atomic E-state index is 6.21. The summed E-state index contributed by atoms with van der Waals surface area (Å²) in [5, 5.41) is 5.02. The Balaban J connectivity index is 2.05. The summed E-state index contributed by atoms with van der Waals surface area (Å²) < 4.78 is 7.60. The first-order valence-corrected chi connectivity index (χ1v) is 6.46. The van der Waals surface area contributed by atoms with Crippen LogP contribution in [0, 0.1) is 6.92 Å². The van der Waals surface area contributed by atoms with Crippen molar-refractivity contribution in [3.63, 3.8) is 0 Å². The number of ether oxygens (including phenoxy) is 1. The Labute approximate surface area is 107 Å². The van der Waals surface area contributed by atoms with E-state index in [1.54, 1.807) is 0 Å². The average molecular weight is 258 g/mol. The van der Waals surface area contributed by atoms with Crippen molar-refractivity contribution in [2.75, 3.05) is 0 Å². The van der Waals surface area contributed by atoms with Crippen molar-refractivity contribution in [3.8, 4) is 0 Å². The molecule has 1 aromatic heterocycles. The van der Waals surface area contributed by atoms with E-state index < -0.39 is 0 Å². The van der Waals surface area contributed by atoms with E-state index in [1.165, 1.54) is 0 Å². The van der Waals surface area contributed by atoms with Gasteiger partial charge in [-0.2, -0.15) is 5.10 Å². The molecule has 96 valence electrons. The lowest BCUT2D eigenvalue weighted by atomic mass is 10.0. The number of hydrogen-bond acceptors (Lipinski definition) is 3. The molecule has 1 aliphatic rings. The van der Waals surface area contributed by atoms with Gasteiger partial charge in [0.2, 0.25) is 0 Å². The molecule has 1 saturated heterocycles. The van der Waals surface area contributed by atoms with E-state index in [0.29, 0.717) is 12.5 Å². The van der Waals surface area contributed by atoms with E-state index in [0.717, 1.165) is 29.3 Å². The molecule has 3 atom stereocenters. The normalized spacial score (nSPS) is 26.4. The zero-order valence-corrected chi connectivity index (χ0v) is 11.4. The monoisotopic (exact) mass is 257 g/mol. The molecule has 2 rings (SSSR count). The Kier molecular flexibility index (Phi) is 3.76. The van der Waals surface area contributed by atoms with Crippen LogP contribution in [0.5, 0.6) is 0 Å². The van der Waals surface area contributed by atoms with Crippen molar-refractivity contribution < 1.29 is 4.74 Å². The third kappa shape index (κ3) is 2.64. The van der Waals surface area contributed by atoms with E-state index in [-0.39, 0.29) is 12.1 Å². The molecule has 0 saturated carbocycles. The minimum absolute atomic E-state index is 0.00718. The maximum Gasteiger partial charge on any atom is 0.0847 e. The molecule has 2 N–H and O–H groups in total. The van der Waals surface area contributed by atoms with Crippen molar-refractivity contribution in [2.45, 2.75) is 51.4 Å². The largest absolute Gasteiger partial charge is 0.374 e. The number of aryl methyl sites for hydroxylation is 2. The summed E-state index contributed by atoms with van der Waals surface area (Å²) in [6, 6.07) is -0.00718. The van der Waals surface area contributed by atoms with Gasteiger partial charge in [0.1, 0.15) is 0 Å². The quantitative estimate of drug-likeness (QED) is 0.899. The topological polar surface area (TPSA) is 53.1 Å². The molecule has 0 bridgehead atoms. The number of hydrogen-bond donors (Lipinski definition) is 1. The standard InChI is InChI=1S/C12H20ClN3O/c1-7-4-5-11(17-7)9(14)6-10-12(13)8(2)15-16(10)3/h7,9,11H,4-6,14H2,1-3H3. The van der Waals surface area contributed by atoms with Gasteiger partial charge in [0, 0.05) is 19.5 Å². The van der Waals surface area contributed by atoms with Crippen LogP contribution >= 0.6 is 11.6 Å². The highest BCUT2D eigenvalue weighted by Crippen LogP contribution is 2.25. The van der Waals surface area contributed by atoms with Crippen molar-refractivity contribution >= 4 is 11.6 Å². The third-order valence-electron chi connectivity index (χ3n) is 3.43. The van der Waals surface area contributed by atoms with Gasteiger partial charge >= 0.3 is 0 Å². The lowest BCUT2D eigenvalue weighted by molar-refractivity contribution is 0.0401. The molecule has 0 aromatic carbocycles. The van der Waals surface area contributed by atoms with Crippen LogP contribution in [0.25, 0.3) is 0 Å². The zero-order chi connectivity index (χ0) is 12.6. The molecular formula is C12H20ClN3O. The first-order valence-electron chi connectivity index (χ1n) is 6.08. The van der Waals surface area contributed by atoms with Crippen LogP contribution in [0.1, 0.15) is 31.2 Å². The molecule has 1 aliphatic heterocycles. The van der Waals surface area contributed by atoms with Crippen LogP contribution in [0.4, 0.5) is 0 Å². The van der Waals surface area contributed by atoms with Crippen molar-refractivity contribution in [3.05, 3.63) is 16.4 Å². The van der Waals surface area contributed by atoms with Crippen LogP contribution in [0.3, 0.4) is 0 Å². The maximum atomic E-state index is 6.21. The third-order valence-corrected chi connectivity index (χ3v) is 3.92. The fourth-order valence-electron chi connectivity index (χ4n) is 2.40. The van der Waals surface area contributed by atoms with Gasteiger partial charge in [-0.05, 0) is 26.7 Å². The lowest BCUT2D eigenvalue weighted by Gasteiger charge is -2.19. The summed E-state index contributed by atoms with van der Waals surface area (Å²) in [7, 11) is 1.90. The molecule has 0 aliphatic carbocycles. The second-order valence-corrected chi connectivity index (χ2v) is 5.28. The van der Waals surface area contributed by atoms with Crippen LogP contribution in [0.2, 0.25) is 5.02 Å². The zero-order valence-electron chi connectivity index (χ0n) is 10.6. The SMILES string of the molecule is Cc1nn(C)c(CC(N)C2CCC(C)O2)c1Cl. The number of nitrogens with zero attached hydrogens (tertiary/aromatic N) is 2. The molecule has 0 spiro atoms. The summed E-state index contributed by atoms with van der Waals surface area (Å²) in [5.74, 6) is 0. The average Bonchev–Trinajstić information content (AvgIpc) is 2.79. The summed E-state index contributed by atoms with van der Waals surface area (Å²) >= 11 is 6.21. The molecule has 1 aromatic rings. The van der Waals surface area contributed by atoms with Crippen LogP contribution in [-0.4, -0.2) is 28.0 Å². The van der Waals surface area contributed by atoms with Gasteiger partial charge in [0.05, 0.1) is 28.6 Å². The van der Waals surface area contributed by atoms with Crippen LogP contribution in [0.15, 0.2) is 0 Å². The van der Waals surface area contributed by atoms with Gasteiger partial charge < -0.3 is 10.5 Å². The molecule has 2 heterocycles. The predicted octanol–water partition coefficient (Wildman–Crippen LogP) is 1.82. The van der Waals surface area contributed by atoms with E-state index in [9.17, 15) is 0 Å². The van der Waals surface area contributed by atoms with E-state index in [1.807, 2.05) is 18.7 Å². The van der Waals surface area contributed by atoms with E-state index in [4.69, 9.17) is 22.1 Å². The second-order valence-electron chi connectivity index (χ2n) is 4.90. The highest BCUT2D eigenvalue weighted by atomic mass is 35.5. The summed E-state index contributed by atoms with van der Waals surface area (Å²) in [6.07, 6.45) is 3.33. The highest BCUT2D eigenvalue weighted by molar-refractivity contribution is 6.31. The molecule has 4 nitrogen and oxygen atoms in total. The first kappa shape index (κ1) is 12.9. The smallest absolute Gasteiger partial charge is 0.0847 e. The van der Waals surface area contributed by atoms with Gasteiger partial charge in [0.25, 0.3) is 0 Å². The Hall–Kier alpha value is -0.580. The van der Waals surface area contributed by atoms with Gasteiger partial charge in [-0.15, -0.1) is 0 Å². The summed E-state index contributed by atoms with van der Waals surface area (Å²) in [5.41, 5.74) is 8.05. The van der Waals surface area contributed by atoms with Crippen LogP contribution in [-0.2, 0) is 18.2 Å². The Morgan fingerprint density at radius 1 is 1.59 bits per heavy atom. The number of halogens is 1. The molecule has 5 heteroatoms. The molecule has 0 radical (unpaired) electrons. The number of rotatable bonds is 3. The Morgan fingerprint density at radius 3 is 2.76 bits per heavy atom. The van der Waals surface area contributed by atoms with Gasteiger partial charge in [-0.25, -0.2) is 0 Å². The molecular weight excluding hydrogens is 238 g/mol. The minimum atomic E-state index is -0.00718. The minimum Gasteiger partial charge on any atom is -0.374 e. The first-order chi connectivity index (χ1) is 7.99. The van der Waals surface area contributed by atoms with Gasteiger partial charge in [-0.3, -0.25) is 4.68 Å². The second kappa shape index (κ2) is 4.96.